The molecule has 3 rings (SSSR count). The molecule has 0 spiro atoms. The van der Waals surface area contributed by atoms with Crippen LogP contribution in [-0.2, 0) is 0 Å². The molecule has 0 radical (unpaired) electrons. The Morgan fingerprint density at radius 1 is 1.18 bits per heavy atom. The van der Waals surface area contributed by atoms with Gasteiger partial charge < -0.3 is 15.0 Å². The van der Waals surface area contributed by atoms with Gasteiger partial charge in [-0.2, -0.15) is 0 Å². The van der Waals surface area contributed by atoms with E-state index in [1.54, 1.807) is 0 Å². The number of hydrogen-bond donors (Lipinski definition) is 1. The van der Waals surface area contributed by atoms with Gasteiger partial charge in [0.05, 0.1) is 6.33 Å². The topological polar surface area (TPSA) is 61.3 Å². The molecule has 0 bridgehead atoms. The summed E-state index contributed by atoms with van der Waals surface area (Å²) in [6.45, 7) is 0.277. The monoisotopic (exact) mass is 298 g/mol. The summed E-state index contributed by atoms with van der Waals surface area (Å²) in [5, 5.41) is 5.07. The molecule has 0 saturated heterocycles. The lowest BCUT2D eigenvalue weighted by Crippen LogP contribution is -2.10. The number of aromatic nitrogens is 1. The largest absolute Gasteiger partial charge is 0.489 e. The number of rotatable bonds is 5. The molecule has 0 unspecified atom stereocenters. The van der Waals surface area contributed by atoms with Gasteiger partial charge in [0.2, 0.25) is 0 Å². The quantitative estimate of drug-likeness (QED) is 0.780. The van der Waals surface area contributed by atoms with Crippen molar-refractivity contribution in [2.45, 2.75) is 0 Å². The molecular weight excluding hydrogens is 283 g/mol. The van der Waals surface area contributed by atoms with Crippen molar-refractivity contribution in [3.05, 3.63) is 60.4 Å². The van der Waals surface area contributed by atoms with Crippen molar-refractivity contribution in [1.29, 1.82) is 0 Å². The van der Waals surface area contributed by atoms with Crippen molar-refractivity contribution in [2.24, 2.45) is 5.73 Å². The Morgan fingerprint density at radius 3 is 2.68 bits per heavy atom. The fraction of sp³-hybridized carbons (Fsp3) is 0.118. The van der Waals surface area contributed by atoms with Crippen LogP contribution >= 0.6 is 0 Å². The minimum Gasteiger partial charge on any atom is -0.489 e. The molecule has 0 amide bonds. The normalized spacial score (nSPS) is 11.8. The first-order valence-corrected chi connectivity index (χ1v) is 6.87. The molecule has 4 nitrogen and oxygen atoms in total. The van der Waals surface area contributed by atoms with Gasteiger partial charge in [-0.25, -0.2) is 4.39 Å². The molecule has 3 aromatic rings. The van der Waals surface area contributed by atoms with Gasteiger partial charge in [-0.1, -0.05) is 17.3 Å². The lowest BCUT2D eigenvalue weighted by atomic mass is 10.1. The van der Waals surface area contributed by atoms with E-state index >= 15 is 0 Å². The van der Waals surface area contributed by atoms with Crippen molar-refractivity contribution in [2.75, 3.05) is 13.2 Å². The van der Waals surface area contributed by atoms with Crippen LogP contribution in [0.25, 0.3) is 22.2 Å². The average Bonchev–Trinajstić information content (AvgIpc) is 3.00. The number of ether oxygens (including phenoxy) is 1. The van der Waals surface area contributed by atoms with Gasteiger partial charge in [-0.3, -0.25) is 0 Å². The minimum atomic E-state index is 0.138. The van der Waals surface area contributed by atoms with Gasteiger partial charge in [0.25, 0.3) is 0 Å². The third-order valence-corrected chi connectivity index (χ3v) is 3.35. The second-order valence-electron chi connectivity index (χ2n) is 4.81. The zero-order valence-corrected chi connectivity index (χ0v) is 11.8. The summed E-state index contributed by atoms with van der Waals surface area (Å²) in [5.74, 6) is 0.643. The van der Waals surface area contributed by atoms with Crippen LogP contribution in [0.1, 0.15) is 0 Å². The molecule has 0 aliphatic rings. The maximum atomic E-state index is 12.4. The summed E-state index contributed by atoms with van der Waals surface area (Å²) >= 11 is 0. The van der Waals surface area contributed by atoms with Crippen LogP contribution in [-0.4, -0.2) is 18.3 Å². The molecule has 0 atom stereocenters. The lowest BCUT2D eigenvalue weighted by Gasteiger charge is -2.07. The van der Waals surface area contributed by atoms with Crippen LogP contribution < -0.4 is 10.5 Å². The molecule has 0 aliphatic carbocycles. The lowest BCUT2D eigenvalue weighted by molar-refractivity contribution is 0.347. The van der Waals surface area contributed by atoms with E-state index in [0.29, 0.717) is 17.7 Å². The van der Waals surface area contributed by atoms with E-state index in [0.717, 1.165) is 22.2 Å². The van der Waals surface area contributed by atoms with Gasteiger partial charge in [-0.15, -0.1) is 0 Å². The highest BCUT2D eigenvalue weighted by Crippen LogP contribution is 2.28. The molecule has 5 heteroatoms. The third-order valence-electron chi connectivity index (χ3n) is 3.35. The summed E-state index contributed by atoms with van der Waals surface area (Å²) in [6, 6.07) is 15.1. The number of halogens is 1. The van der Waals surface area contributed by atoms with E-state index in [1.807, 2.05) is 48.5 Å². The minimum absolute atomic E-state index is 0.138. The van der Waals surface area contributed by atoms with Gasteiger partial charge >= 0.3 is 0 Å². The summed E-state index contributed by atoms with van der Waals surface area (Å²) in [4.78, 5) is 0. The number of fused-ring (bicyclic) bond motifs is 1. The summed E-state index contributed by atoms with van der Waals surface area (Å²) < 4.78 is 23.2. The van der Waals surface area contributed by atoms with Crippen molar-refractivity contribution in [1.82, 2.24) is 5.16 Å². The molecule has 1 heterocycles. The van der Waals surface area contributed by atoms with Crippen LogP contribution in [0.3, 0.4) is 0 Å². The predicted octanol–water partition coefficient (Wildman–Crippen LogP) is 3.69. The van der Waals surface area contributed by atoms with Crippen LogP contribution in [0.2, 0.25) is 0 Å². The first kappa shape index (κ1) is 14.3. The second-order valence-corrected chi connectivity index (χ2v) is 4.81. The van der Waals surface area contributed by atoms with E-state index in [-0.39, 0.29) is 13.2 Å². The summed E-state index contributed by atoms with van der Waals surface area (Å²) in [6.07, 6.45) is 0.482. The molecule has 2 aromatic carbocycles. The van der Waals surface area contributed by atoms with E-state index in [1.165, 1.54) is 0 Å². The van der Waals surface area contributed by atoms with Crippen molar-refractivity contribution >= 4 is 11.0 Å². The standard InChI is InChI=1S/C17H15FN2O2/c18-9-12(10-19)11-21-14-7-5-13(6-8-14)17-15-3-1-2-4-16(15)22-20-17/h1-9H,10-11,19H2/b12-9-. The van der Waals surface area contributed by atoms with Gasteiger partial charge in [0.1, 0.15) is 18.1 Å². The molecule has 0 aliphatic heterocycles. The highest BCUT2D eigenvalue weighted by Gasteiger charge is 2.09. The zero-order chi connectivity index (χ0) is 15.4. The van der Waals surface area contributed by atoms with Crippen molar-refractivity contribution < 1.29 is 13.7 Å². The average molecular weight is 298 g/mol. The Balaban J connectivity index is 1.79. The fourth-order valence-corrected chi connectivity index (χ4v) is 2.11. The van der Waals surface area contributed by atoms with Crippen LogP contribution in [0.4, 0.5) is 4.39 Å². The van der Waals surface area contributed by atoms with Crippen molar-refractivity contribution in [3.63, 3.8) is 0 Å². The molecule has 0 saturated carbocycles. The number of benzene rings is 2. The van der Waals surface area contributed by atoms with E-state index in [4.69, 9.17) is 15.0 Å². The molecule has 0 fully saturated rings. The maximum absolute atomic E-state index is 12.4. The van der Waals surface area contributed by atoms with E-state index in [9.17, 15) is 4.39 Å². The zero-order valence-electron chi connectivity index (χ0n) is 11.8. The smallest absolute Gasteiger partial charge is 0.167 e. The van der Waals surface area contributed by atoms with Crippen LogP contribution in [0.5, 0.6) is 5.75 Å². The van der Waals surface area contributed by atoms with Gasteiger partial charge in [-0.05, 0) is 36.4 Å². The highest BCUT2D eigenvalue weighted by atomic mass is 19.1. The number of nitrogens with zero attached hydrogens (tertiary/aromatic N) is 1. The van der Waals surface area contributed by atoms with Crippen LogP contribution in [0.15, 0.2) is 65.0 Å². The SMILES string of the molecule is NC/C(=C/F)COc1ccc(-c2noc3ccccc23)cc1. The third kappa shape index (κ3) is 2.84. The maximum Gasteiger partial charge on any atom is 0.167 e. The molecule has 112 valence electrons. The van der Waals surface area contributed by atoms with Crippen molar-refractivity contribution in [3.8, 4) is 17.0 Å². The number of nitrogens with two attached hydrogens (primary N) is 1. The Morgan fingerprint density at radius 2 is 1.95 bits per heavy atom. The van der Waals surface area contributed by atoms with Gasteiger partial charge in [0.15, 0.2) is 5.58 Å². The summed E-state index contributed by atoms with van der Waals surface area (Å²) in [5.41, 5.74) is 8.25. The molecule has 22 heavy (non-hydrogen) atoms. The number of hydrogen-bond acceptors (Lipinski definition) is 4. The molecular formula is C17H15FN2O2. The molecule has 2 N–H and O–H groups in total. The Kier molecular flexibility index (Phi) is 4.16. The van der Waals surface area contributed by atoms with Gasteiger partial charge in [0, 0.05) is 23.1 Å². The predicted molar refractivity (Wildman–Crippen MR) is 83.2 cm³/mol. The fourth-order valence-electron chi connectivity index (χ4n) is 2.11. The number of para-hydroxylation sites is 1. The Bertz CT molecular complexity index is 794. The first-order valence-electron chi connectivity index (χ1n) is 6.87. The Labute approximate surface area is 127 Å². The summed E-state index contributed by atoms with van der Waals surface area (Å²) in [7, 11) is 0. The molecule has 1 aromatic heterocycles. The highest BCUT2D eigenvalue weighted by molar-refractivity contribution is 5.91. The van der Waals surface area contributed by atoms with Crippen LogP contribution in [0, 0.1) is 0 Å². The first-order chi connectivity index (χ1) is 10.8. The van der Waals surface area contributed by atoms with E-state index in [2.05, 4.69) is 5.16 Å². The second kappa shape index (κ2) is 6.41. The Hall–Kier alpha value is -2.66. The van der Waals surface area contributed by atoms with E-state index < -0.39 is 0 Å².